The molecule has 12 aromatic rings. The average Bonchev–Trinajstić information content (AvgIpc) is 0.757. The lowest BCUT2D eigenvalue weighted by Crippen LogP contribution is -2.17. The molecule has 0 saturated carbocycles. The number of ether oxygens (including phenoxy) is 18. The van der Waals surface area contributed by atoms with Gasteiger partial charge in [0.1, 0.15) is 73.9 Å². The lowest BCUT2D eigenvalue weighted by Gasteiger charge is -2.13. The molecular formula is C126H168O24. The number of hydrogen-bond donors (Lipinski definition) is 6. The monoisotopic (exact) mass is 2110 g/mol. The summed E-state index contributed by atoms with van der Waals surface area (Å²) in [5.41, 5.74) is 7.32. The van der Waals surface area contributed by atoms with Crippen molar-refractivity contribution in [3.63, 3.8) is 0 Å². The fourth-order valence-corrected chi connectivity index (χ4v) is 13.2. The van der Waals surface area contributed by atoms with Crippen molar-refractivity contribution in [3.8, 4) is 103 Å². The van der Waals surface area contributed by atoms with E-state index in [0.29, 0.717) is 51.0 Å². The molecule has 6 N–H and O–H groups in total. The van der Waals surface area contributed by atoms with Gasteiger partial charge in [-0.25, -0.2) is 0 Å². The molecule has 816 valence electrons. The maximum Gasteiger partial charge on any atom is 0.160 e. The van der Waals surface area contributed by atoms with E-state index < -0.39 is 206 Å². The first-order valence-electron chi connectivity index (χ1n) is 69.5. The van der Waals surface area contributed by atoms with Gasteiger partial charge in [0.25, 0.3) is 0 Å². The first-order valence-corrected chi connectivity index (χ1v) is 47.5. The Kier molecular flexibility index (Phi) is 34.8. The number of methoxy groups -OCH3 is 12. The Hall–Kier alpha value is -13.2. The van der Waals surface area contributed by atoms with Crippen molar-refractivity contribution in [1.29, 1.82) is 0 Å². The standard InChI is InChI=1S/6C21H28O4/c6*1-16-7-6-10-19(13-16)25-15-18(22)9-5-4-8-17-11-12-20(23-2)21(14-17)24-3/h6*6-7,10-14,18,22H,4-5,8-9,15H2,1-3H3/i2D3,3D3,4D2,15D2,18D;4D2,8D2,15D2,18D;3D3,4D2,15D2,18D;2D3,4D2,15D2,18D;2*4D2,15D2,18D. The van der Waals surface area contributed by atoms with Crippen LogP contribution in [0.4, 0.5) is 0 Å². The van der Waals surface area contributed by atoms with Crippen LogP contribution in [0.2, 0.25) is 0 Å². The largest absolute Gasteiger partial charge is 0.493 e. The third-order valence-corrected chi connectivity index (χ3v) is 20.9. The van der Waals surface area contributed by atoms with Crippen molar-refractivity contribution in [2.75, 3.05) is 124 Å². The maximum absolute atomic E-state index is 10.5. The molecule has 0 aliphatic carbocycles. The van der Waals surface area contributed by atoms with Gasteiger partial charge in [0, 0.05) is 19.2 Å². The number of benzene rings is 12. The van der Waals surface area contributed by atoms with Crippen LogP contribution < -0.4 is 85.3 Å². The van der Waals surface area contributed by atoms with Gasteiger partial charge in [0.05, 0.1) is 163 Å². The summed E-state index contributed by atoms with van der Waals surface area (Å²) in [6.07, 6.45) is -37.2. The van der Waals surface area contributed by atoms with E-state index in [4.69, 9.17) is 146 Å². The van der Waals surface area contributed by atoms with Crippen LogP contribution in [0.3, 0.4) is 0 Å². The summed E-state index contributed by atoms with van der Waals surface area (Å²) in [5.74, 6) is 2.96. The highest BCUT2D eigenvalue weighted by molar-refractivity contribution is 5.48. The van der Waals surface area contributed by atoms with Gasteiger partial charge in [-0.15, -0.1) is 0 Å². The second-order valence-electron chi connectivity index (χ2n) is 32.8. The first-order chi connectivity index (χ1) is 88.7. The van der Waals surface area contributed by atoms with Crippen LogP contribution in [-0.2, 0) is 38.5 Å². The molecule has 0 saturated heterocycles. The van der Waals surface area contributed by atoms with Crippen molar-refractivity contribution in [2.24, 2.45) is 0 Å². The topological polar surface area (TPSA) is 288 Å². The minimum atomic E-state index is -2.92. The summed E-state index contributed by atoms with van der Waals surface area (Å²) >= 11 is 0. The fourth-order valence-electron chi connectivity index (χ4n) is 13.2. The molecule has 6 unspecified atom stereocenters. The molecule has 12 aromatic carbocycles. The highest BCUT2D eigenvalue weighted by atomic mass is 16.5. The summed E-state index contributed by atoms with van der Waals surface area (Å²) in [6, 6.07) is 65.7. The van der Waals surface area contributed by atoms with Crippen molar-refractivity contribution in [2.45, 2.75) is 232 Å². The number of aryl methyl sites for hydroxylation is 12. The van der Waals surface area contributed by atoms with Crippen LogP contribution in [0.15, 0.2) is 255 Å². The molecule has 6 atom stereocenters. The second-order valence-corrected chi connectivity index (χ2v) is 32.8. The molecule has 0 heterocycles. The van der Waals surface area contributed by atoms with Crippen molar-refractivity contribution < 1.29 is 176 Å². The summed E-state index contributed by atoms with van der Waals surface area (Å²) < 4.78 is 439. The van der Waals surface area contributed by atoms with Gasteiger partial charge in [0.15, 0.2) is 69.0 Å². The molecule has 0 fully saturated rings. The molecule has 0 aromatic heterocycles. The van der Waals surface area contributed by atoms with Crippen LogP contribution in [0, 0.1) is 41.5 Å². The van der Waals surface area contributed by atoms with E-state index in [1.165, 1.54) is 154 Å². The van der Waals surface area contributed by atoms with E-state index >= 15 is 0 Å². The fraction of sp³-hybridized carbons (Fsp3) is 0.429. The molecule has 0 aliphatic heterocycles. The van der Waals surface area contributed by atoms with Crippen molar-refractivity contribution in [1.82, 2.24) is 0 Å². The molecule has 150 heavy (non-hydrogen) atoms. The van der Waals surface area contributed by atoms with Crippen LogP contribution in [-0.4, -0.2) is 192 Å². The van der Waals surface area contributed by atoms with Crippen LogP contribution >= 0.6 is 0 Å². The molecule has 0 radical (unpaired) electrons. The van der Waals surface area contributed by atoms with Crippen molar-refractivity contribution in [3.05, 3.63) is 322 Å². The lowest BCUT2D eigenvalue weighted by molar-refractivity contribution is 0.0976. The number of aliphatic hydroxyl groups is 6. The third kappa shape index (κ3) is 49.5. The van der Waals surface area contributed by atoms with Crippen molar-refractivity contribution >= 4 is 0 Å². The predicted octanol–water partition coefficient (Wildman–Crippen LogP) is 25.0. The normalized spacial score (nSPS) is 19.0. The van der Waals surface area contributed by atoms with E-state index in [-0.39, 0.29) is 138 Å². The molecule has 24 nitrogen and oxygen atoms in total. The summed E-state index contributed by atoms with van der Waals surface area (Å²) in [7, 11) is 0.318. The minimum absolute atomic E-state index is 0.00513. The van der Waals surface area contributed by atoms with Gasteiger partial charge in [0.2, 0.25) is 0 Å². The SMILES string of the molecule is [2H]C([2H])(CCC([2H])(O)C([2H])([2H])Oc1cccc(C)c1)C([2H])([2H])c1ccc(OC)c(OC)c1.[2H]C([2H])(CCC([2H])(O)C([2H])([2H])Oc1cccc(C)c1)Cc1ccc(OC([2H])([2H])[2H])c(OC([2H])([2H])[2H])c1.[2H]C([2H])(CCC([2H])(O)C([2H])([2H])Oc1cccc(C)c1)Cc1ccc(OC([2H])([2H])[2H])c(OC)c1.[2H]C([2H])(CCC([2H])(O)C([2H])([2H])Oc1cccc(C)c1)Cc1ccc(OC)c(OC([2H])([2H])[2H])c1.[2H]C([2H])(CCC([2H])(O)C([2H])([2H])Oc1cccc(C)c1)Cc1ccc(OC)c(OC)c1.[2H]C([2H])(CCC([2H])(O)C([2H])([2H])Oc1cccc(C)c1)Cc1ccc(OC)c(OC)c1. The minimum Gasteiger partial charge on any atom is -0.493 e. The third-order valence-electron chi connectivity index (χ3n) is 20.9. The average molecular weight is 2110 g/mol. The van der Waals surface area contributed by atoms with E-state index in [9.17, 15) is 30.6 Å². The Labute approximate surface area is 954 Å². The van der Waals surface area contributed by atoms with Gasteiger partial charge >= 0.3 is 0 Å². The summed E-state index contributed by atoms with van der Waals surface area (Å²) in [6.45, 7) is -5.99. The first kappa shape index (κ1) is 72.3. The molecule has 12 rings (SSSR count). The molecule has 0 amide bonds. The van der Waals surface area contributed by atoms with E-state index in [1.807, 2.05) is 26.0 Å². The molecule has 24 heteroatoms. The van der Waals surface area contributed by atoms with Crippen LogP contribution in [0.25, 0.3) is 0 Å². The predicted molar refractivity (Wildman–Crippen MR) is 599 cm³/mol. The Balaban J connectivity index is 0.000000310. The van der Waals surface area contributed by atoms with Gasteiger partial charge in [-0.3, -0.25) is 0 Å². The lowest BCUT2D eigenvalue weighted by atomic mass is 10.0. The highest BCUT2D eigenvalue weighted by Gasteiger charge is 2.18. The zero-order chi connectivity index (χ0) is 147. The van der Waals surface area contributed by atoms with Gasteiger partial charge in [-0.05, 0) is 369 Å². The highest BCUT2D eigenvalue weighted by Crippen LogP contribution is 2.36. The number of rotatable bonds is 60. The smallest absolute Gasteiger partial charge is 0.160 e. The van der Waals surface area contributed by atoms with E-state index in [2.05, 4.69) is 0 Å². The van der Waals surface area contributed by atoms with E-state index in [1.54, 1.807) is 161 Å². The van der Waals surface area contributed by atoms with Crippen LogP contribution in [0.1, 0.15) is 242 Å². The zero-order valence-corrected chi connectivity index (χ0v) is 86.8. The van der Waals surface area contributed by atoms with E-state index in [0.717, 1.165) is 45.5 Å². The Morgan fingerprint density at radius 3 is 0.560 bits per heavy atom. The summed E-state index contributed by atoms with van der Waals surface area (Å²) in [4.78, 5) is 0. The quantitative estimate of drug-likeness (QED) is 0.0206. The molecular weight excluding hydrogens is 1900 g/mol. The molecule has 0 spiro atoms. The zero-order valence-electron chi connectivity index (χ0n) is 131. The van der Waals surface area contributed by atoms with Gasteiger partial charge in [-0.2, -0.15) is 0 Å². The second kappa shape index (κ2) is 72.3. The number of hydrogen-bond acceptors (Lipinski definition) is 24. The Morgan fingerprint density at radius 1 is 0.207 bits per heavy atom. The Bertz CT molecular complexity index is 7760. The maximum atomic E-state index is 10.5. The molecule has 0 bridgehead atoms. The van der Waals surface area contributed by atoms with Gasteiger partial charge < -0.3 is 116 Å². The van der Waals surface area contributed by atoms with Gasteiger partial charge in [-0.1, -0.05) is 148 Å². The molecule has 0 aliphatic rings. The Morgan fingerprint density at radius 2 is 0.373 bits per heavy atom. The van der Waals surface area contributed by atoms with Crippen LogP contribution in [0.5, 0.6) is 103 Å². The summed E-state index contributed by atoms with van der Waals surface area (Å²) in [5, 5.41) is 62.6.